The first kappa shape index (κ1) is 19.2. The number of amides is 1. The van der Waals surface area contributed by atoms with Crippen LogP contribution in [-0.2, 0) is 11.8 Å². The topological polar surface area (TPSA) is 89.5 Å². The number of anilines is 1. The van der Waals surface area contributed by atoms with E-state index in [2.05, 4.69) is 15.2 Å². The molecule has 0 atom stereocenters. The van der Waals surface area contributed by atoms with E-state index in [0.717, 1.165) is 22.2 Å². The zero-order valence-electron chi connectivity index (χ0n) is 17.5. The summed E-state index contributed by atoms with van der Waals surface area (Å²) >= 11 is 0. The lowest BCUT2D eigenvalue weighted by atomic mass is 10.1. The second-order valence-electron chi connectivity index (χ2n) is 8.30. The number of carbonyl (C=O) groups excluding carboxylic acids is 1. The molecule has 2 aromatic heterocycles. The van der Waals surface area contributed by atoms with Gasteiger partial charge in [0.25, 0.3) is 0 Å². The Morgan fingerprint density at radius 2 is 1.90 bits per heavy atom. The van der Waals surface area contributed by atoms with E-state index in [1.807, 2.05) is 62.5 Å². The minimum Gasteiger partial charge on any atom is -0.444 e. The van der Waals surface area contributed by atoms with Gasteiger partial charge in [-0.3, -0.25) is 4.68 Å². The minimum atomic E-state index is -0.497. The molecule has 1 aromatic carbocycles. The lowest BCUT2D eigenvalue weighted by Crippen LogP contribution is -2.50. The molecular formula is C20H26N6O3. The molecular weight excluding hydrogens is 372 g/mol. The van der Waals surface area contributed by atoms with Crippen molar-refractivity contribution in [1.82, 2.24) is 24.8 Å². The van der Waals surface area contributed by atoms with Gasteiger partial charge in [-0.05, 0) is 33.8 Å². The second kappa shape index (κ2) is 7.06. The summed E-state index contributed by atoms with van der Waals surface area (Å²) in [5.74, 6) is 0.537. The molecule has 1 fully saturated rings. The number of piperazine rings is 1. The van der Waals surface area contributed by atoms with Crippen LogP contribution in [0.2, 0.25) is 0 Å². The molecule has 0 aliphatic carbocycles. The van der Waals surface area contributed by atoms with E-state index in [1.54, 1.807) is 4.90 Å². The SMILES string of the molecule is Cc1nn(C)c2cc(-c3noc(N4CCN(C(=O)OC(C)(C)C)CC4)n3)ccc12. The maximum atomic E-state index is 12.2. The Bertz CT molecular complexity index is 1040. The largest absolute Gasteiger partial charge is 0.444 e. The van der Waals surface area contributed by atoms with Gasteiger partial charge in [-0.25, -0.2) is 4.79 Å². The van der Waals surface area contributed by atoms with Crippen LogP contribution >= 0.6 is 0 Å². The number of hydrogen-bond acceptors (Lipinski definition) is 7. The Morgan fingerprint density at radius 3 is 2.59 bits per heavy atom. The Balaban J connectivity index is 1.45. The molecule has 1 aliphatic heterocycles. The van der Waals surface area contributed by atoms with E-state index < -0.39 is 5.60 Å². The Morgan fingerprint density at radius 1 is 1.17 bits per heavy atom. The molecule has 0 N–H and O–H groups in total. The molecule has 3 heterocycles. The lowest BCUT2D eigenvalue weighted by Gasteiger charge is -2.34. The highest BCUT2D eigenvalue weighted by Gasteiger charge is 2.28. The summed E-state index contributed by atoms with van der Waals surface area (Å²) in [5.41, 5.74) is 2.40. The molecule has 0 unspecified atom stereocenters. The highest BCUT2D eigenvalue weighted by Crippen LogP contribution is 2.26. The van der Waals surface area contributed by atoms with E-state index in [0.29, 0.717) is 38.0 Å². The van der Waals surface area contributed by atoms with Crippen molar-refractivity contribution in [2.75, 3.05) is 31.1 Å². The number of carbonyl (C=O) groups is 1. The van der Waals surface area contributed by atoms with Crippen molar-refractivity contribution in [3.05, 3.63) is 23.9 Å². The molecule has 3 aromatic rings. The molecule has 1 saturated heterocycles. The predicted molar refractivity (Wildman–Crippen MR) is 109 cm³/mol. The fraction of sp³-hybridized carbons (Fsp3) is 0.500. The molecule has 154 valence electrons. The van der Waals surface area contributed by atoms with Crippen molar-refractivity contribution in [3.63, 3.8) is 0 Å². The molecule has 9 nitrogen and oxygen atoms in total. The highest BCUT2D eigenvalue weighted by atomic mass is 16.6. The van der Waals surface area contributed by atoms with Crippen LogP contribution in [0.4, 0.5) is 10.8 Å². The first-order valence-corrected chi connectivity index (χ1v) is 9.71. The van der Waals surface area contributed by atoms with E-state index in [9.17, 15) is 4.79 Å². The predicted octanol–water partition coefficient (Wildman–Crippen LogP) is 2.99. The van der Waals surface area contributed by atoms with Gasteiger partial charge in [-0.1, -0.05) is 17.3 Å². The Hall–Kier alpha value is -3.10. The standard InChI is InChI=1S/C20H26N6O3/c1-13-15-7-6-14(12-16(15)24(5)22-13)17-21-18(29-23-17)25-8-10-26(11-9-25)19(27)28-20(2,3)4/h6-7,12H,8-11H2,1-5H3. The van der Waals surface area contributed by atoms with Crippen molar-refractivity contribution < 1.29 is 14.1 Å². The molecule has 29 heavy (non-hydrogen) atoms. The summed E-state index contributed by atoms with van der Waals surface area (Å²) in [4.78, 5) is 20.5. The zero-order valence-corrected chi connectivity index (χ0v) is 17.5. The average molecular weight is 398 g/mol. The van der Waals surface area contributed by atoms with Crippen LogP contribution in [0, 0.1) is 6.92 Å². The third kappa shape index (κ3) is 3.90. The van der Waals surface area contributed by atoms with Crippen molar-refractivity contribution in [3.8, 4) is 11.4 Å². The molecule has 0 radical (unpaired) electrons. The Labute approximate surface area is 169 Å². The molecule has 0 spiro atoms. The summed E-state index contributed by atoms with van der Waals surface area (Å²) in [7, 11) is 1.92. The van der Waals surface area contributed by atoms with Crippen molar-refractivity contribution in [1.29, 1.82) is 0 Å². The van der Waals surface area contributed by atoms with Crippen molar-refractivity contribution >= 4 is 23.0 Å². The fourth-order valence-corrected chi connectivity index (χ4v) is 3.45. The van der Waals surface area contributed by atoms with Crippen LogP contribution in [0.5, 0.6) is 0 Å². The van der Waals surface area contributed by atoms with Crippen LogP contribution < -0.4 is 4.90 Å². The average Bonchev–Trinajstić information content (AvgIpc) is 3.26. The maximum Gasteiger partial charge on any atom is 0.410 e. The third-order valence-electron chi connectivity index (χ3n) is 4.91. The molecule has 1 aliphatic rings. The van der Waals surface area contributed by atoms with E-state index in [1.165, 1.54) is 0 Å². The zero-order chi connectivity index (χ0) is 20.8. The number of aromatic nitrogens is 4. The van der Waals surface area contributed by atoms with Gasteiger partial charge >= 0.3 is 12.1 Å². The third-order valence-corrected chi connectivity index (χ3v) is 4.91. The second-order valence-corrected chi connectivity index (χ2v) is 8.30. The molecule has 9 heteroatoms. The van der Waals surface area contributed by atoms with E-state index in [-0.39, 0.29) is 6.09 Å². The van der Waals surface area contributed by atoms with Crippen molar-refractivity contribution in [2.24, 2.45) is 7.05 Å². The molecule has 4 rings (SSSR count). The number of fused-ring (bicyclic) bond motifs is 1. The molecule has 0 saturated carbocycles. The van der Waals surface area contributed by atoms with Crippen LogP contribution in [0.25, 0.3) is 22.3 Å². The number of ether oxygens (including phenoxy) is 1. The highest BCUT2D eigenvalue weighted by molar-refractivity contribution is 5.85. The van der Waals surface area contributed by atoms with Crippen LogP contribution in [0.1, 0.15) is 26.5 Å². The number of nitrogens with zero attached hydrogens (tertiary/aromatic N) is 6. The van der Waals surface area contributed by atoms with Gasteiger partial charge in [-0.15, -0.1) is 0 Å². The van der Waals surface area contributed by atoms with Crippen molar-refractivity contribution in [2.45, 2.75) is 33.3 Å². The quantitative estimate of drug-likeness (QED) is 0.655. The number of rotatable bonds is 2. The molecule has 1 amide bonds. The normalized spacial score (nSPS) is 15.2. The van der Waals surface area contributed by atoms with Crippen LogP contribution in [0.3, 0.4) is 0 Å². The van der Waals surface area contributed by atoms with Gasteiger partial charge in [0.15, 0.2) is 0 Å². The molecule has 0 bridgehead atoms. The lowest BCUT2D eigenvalue weighted by molar-refractivity contribution is 0.0238. The Kier molecular flexibility index (Phi) is 4.68. The van der Waals surface area contributed by atoms with Gasteiger partial charge in [-0.2, -0.15) is 10.1 Å². The van der Waals surface area contributed by atoms with Crippen LogP contribution in [-0.4, -0.2) is 62.7 Å². The van der Waals surface area contributed by atoms with Gasteiger partial charge in [0.1, 0.15) is 5.60 Å². The van der Waals surface area contributed by atoms with Gasteiger partial charge in [0.2, 0.25) is 5.82 Å². The summed E-state index contributed by atoms with van der Waals surface area (Å²) in [6.07, 6.45) is -0.289. The number of hydrogen-bond donors (Lipinski definition) is 0. The fourth-order valence-electron chi connectivity index (χ4n) is 3.45. The van der Waals surface area contributed by atoms with Crippen LogP contribution in [0.15, 0.2) is 22.7 Å². The van der Waals surface area contributed by atoms with E-state index in [4.69, 9.17) is 9.26 Å². The minimum absolute atomic E-state index is 0.289. The summed E-state index contributed by atoms with van der Waals surface area (Å²) in [6.45, 7) is 9.91. The summed E-state index contributed by atoms with van der Waals surface area (Å²) in [5, 5.41) is 9.70. The monoisotopic (exact) mass is 398 g/mol. The summed E-state index contributed by atoms with van der Waals surface area (Å²) < 4.78 is 12.8. The van der Waals surface area contributed by atoms with Gasteiger partial charge < -0.3 is 19.1 Å². The first-order valence-electron chi connectivity index (χ1n) is 9.71. The van der Waals surface area contributed by atoms with Gasteiger partial charge in [0.05, 0.1) is 11.2 Å². The maximum absolute atomic E-state index is 12.2. The number of benzene rings is 1. The van der Waals surface area contributed by atoms with Gasteiger partial charge in [0, 0.05) is 44.2 Å². The number of aryl methyl sites for hydroxylation is 2. The first-order chi connectivity index (χ1) is 13.7. The smallest absolute Gasteiger partial charge is 0.410 e. The summed E-state index contributed by atoms with van der Waals surface area (Å²) in [6, 6.07) is 6.49. The van der Waals surface area contributed by atoms with E-state index >= 15 is 0 Å².